The van der Waals surface area contributed by atoms with E-state index in [0.29, 0.717) is 5.56 Å². The molecule has 1 aromatic rings. The minimum atomic E-state index is -4.33. The molecule has 1 aromatic carbocycles. The number of urea groups is 1. The molecule has 1 saturated heterocycles. The van der Waals surface area contributed by atoms with Gasteiger partial charge in [0.2, 0.25) is 0 Å². The van der Waals surface area contributed by atoms with Crippen molar-refractivity contribution in [2.75, 3.05) is 12.8 Å². The third-order valence-electron chi connectivity index (χ3n) is 5.01. The molecule has 156 valence electrons. The first-order chi connectivity index (χ1) is 12.8. The number of hydrogen-bond donors (Lipinski definition) is 1. The highest BCUT2D eigenvalue weighted by Crippen LogP contribution is 2.45. The second-order valence-corrected chi connectivity index (χ2v) is 9.35. The monoisotopic (exact) mass is 418 g/mol. The number of carbonyl (C=O) groups is 1. The molecule has 3 atom stereocenters. The van der Waals surface area contributed by atoms with Gasteiger partial charge in [0.15, 0.2) is 9.84 Å². The third-order valence-corrected chi connectivity index (χ3v) is 5.66. The smallest absolute Gasteiger partial charge is 0.332 e. The van der Waals surface area contributed by atoms with Gasteiger partial charge in [0.05, 0.1) is 11.5 Å². The lowest BCUT2D eigenvalue weighted by Gasteiger charge is -2.48. The molecule has 0 bridgehead atoms. The third kappa shape index (κ3) is 5.50. The molecule has 2 rings (SSSR count). The van der Waals surface area contributed by atoms with Crippen LogP contribution in [0.4, 0.5) is 18.0 Å². The van der Waals surface area contributed by atoms with Gasteiger partial charge in [0, 0.05) is 24.3 Å². The Bertz CT molecular complexity index is 825. The first-order valence-electron chi connectivity index (χ1n) is 8.91. The molecule has 1 aliphatic heterocycles. The van der Waals surface area contributed by atoms with E-state index in [1.165, 1.54) is 11.0 Å². The molecule has 0 saturated carbocycles. The number of sulfone groups is 1. The van der Waals surface area contributed by atoms with Gasteiger partial charge >= 0.3 is 12.2 Å². The molecule has 1 unspecified atom stereocenters. The maximum absolute atomic E-state index is 13.4. The van der Waals surface area contributed by atoms with Crippen molar-refractivity contribution < 1.29 is 26.4 Å². The van der Waals surface area contributed by atoms with E-state index < -0.39 is 39.5 Å². The molecule has 0 aliphatic carbocycles. The van der Waals surface area contributed by atoms with Crippen molar-refractivity contribution in [1.82, 2.24) is 10.2 Å². The highest BCUT2D eigenvalue weighted by atomic mass is 32.2. The van der Waals surface area contributed by atoms with Crippen LogP contribution in [0.5, 0.6) is 0 Å². The fraction of sp³-hybridized carbons (Fsp3) is 0.526. The van der Waals surface area contributed by atoms with Gasteiger partial charge in [0.1, 0.15) is 0 Å². The Labute approximate surface area is 163 Å². The number of benzene rings is 1. The van der Waals surface area contributed by atoms with Crippen molar-refractivity contribution >= 4 is 15.9 Å². The van der Waals surface area contributed by atoms with E-state index in [0.717, 1.165) is 11.7 Å². The highest BCUT2D eigenvalue weighted by Gasteiger charge is 2.50. The van der Waals surface area contributed by atoms with Crippen LogP contribution >= 0.6 is 0 Å². The molecule has 1 heterocycles. The molecule has 2 amide bonds. The molecule has 28 heavy (non-hydrogen) atoms. The fourth-order valence-electron chi connectivity index (χ4n) is 3.48. The Morgan fingerprint density at radius 3 is 2.46 bits per heavy atom. The summed E-state index contributed by atoms with van der Waals surface area (Å²) >= 11 is 0. The average Bonchev–Trinajstić information content (AvgIpc) is 2.59. The van der Waals surface area contributed by atoms with E-state index in [1.54, 1.807) is 44.2 Å². The zero-order valence-corrected chi connectivity index (χ0v) is 16.8. The SMILES string of the molecule is CC(/C=C/S(C)(=O)=O)NC(=O)N1CC[C@@H](C(F)(F)F)C[C@@]1(C)c1ccccc1. The summed E-state index contributed by atoms with van der Waals surface area (Å²) in [7, 11) is -3.34. The van der Waals surface area contributed by atoms with Gasteiger partial charge < -0.3 is 10.2 Å². The first kappa shape index (κ1) is 22.3. The molecule has 1 fully saturated rings. The summed E-state index contributed by atoms with van der Waals surface area (Å²) in [5, 5.41) is 3.65. The van der Waals surface area contributed by atoms with Crippen LogP contribution in [0.1, 0.15) is 32.3 Å². The predicted octanol–water partition coefficient (Wildman–Crippen LogP) is 3.83. The largest absolute Gasteiger partial charge is 0.391 e. The number of amides is 2. The summed E-state index contributed by atoms with van der Waals surface area (Å²) in [6.45, 7) is 3.18. The van der Waals surface area contributed by atoms with Crippen LogP contribution in [-0.4, -0.2) is 44.4 Å². The number of likely N-dealkylation sites (tertiary alicyclic amines) is 1. The van der Waals surface area contributed by atoms with Crippen LogP contribution in [0.25, 0.3) is 0 Å². The molecule has 1 aliphatic rings. The van der Waals surface area contributed by atoms with Gasteiger partial charge in [-0.25, -0.2) is 13.2 Å². The minimum absolute atomic E-state index is 0.0517. The van der Waals surface area contributed by atoms with Gasteiger partial charge in [-0.15, -0.1) is 0 Å². The van der Waals surface area contributed by atoms with Crippen molar-refractivity contribution in [3.63, 3.8) is 0 Å². The first-order valence-corrected chi connectivity index (χ1v) is 10.9. The molecule has 1 N–H and O–H groups in total. The zero-order valence-electron chi connectivity index (χ0n) is 16.0. The summed E-state index contributed by atoms with van der Waals surface area (Å²) < 4.78 is 62.5. The molecule has 0 radical (unpaired) electrons. The van der Waals surface area contributed by atoms with Crippen LogP contribution < -0.4 is 5.32 Å². The Morgan fingerprint density at radius 1 is 1.32 bits per heavy atom. The standard InChI is InChI=1S/C19H25F3N2O3S/c1-14(10-12-28(3,26)27)23-17(25)24-11-9-16(19(20,21)22)13-18(24,2)15-7-5-4-6-8-15/h4-8,10,12,14,16H,9,11,13H2,1-3H3,(H,23,25)/b12-10+/t14?,16-,18+/m1/s1. The van der Waals surface area contributed by atoms with E-state index in [4.69, 9.17) is 0 Å². The minimum Gasteiger partial charge on any atom is -0.332 e. The normalized spacial score (nSPS) is 24.9. The molecule has 0 aromatic heterocycles. The molecule has 5 nitrogen and oxygen atoms in total. The summed E-state index contributed by atoms with van der Waals surface area (Å²) in [5.74, 6) is -1.50. The van der Waals surface area contributed by atoms with Gasteiger partial charge in [0.25, 0.3) is 0 Å². The maximum Gasteiger partial charge on any atom is 0.391 e. The van der Waals surface area contributed by atoms with Crippen molar-refractivity contribution in [3.05, 3.63) is 47.4 Å². The predicted molar refractivity (Wildman–Crippen MR) is 101 cm³/mol. The van der Waals surface area contributed by atoms with Crippen molar-refractivity contribution in [2.24, 2.45) is 5.92 Å². The maximum atomic E-state index is 13.4. The lowest BCUT2D eigenvalue weighted by atomic mass is 9.76. The van der Waals surface area contributed by atoms with Crippen molar-refractivity contribution in [2.45, 2.75) is 44.4 Å². The van der Waals surface area contributed by atoms with E-state index in [-0.39, 0.29) is 19.4 Å². The van der Waals surface area contributed by atoms with Crippen molar-refractivity contribution in [3.8, 4) is 0 Å². The van der Waals surface area contributed by atoms with Gasteiger partial charge in [-0.05, 0) is 32.3 Å². The molecular formula is C19H25F3N2O3S. The van der Waals surface area contributed by atoms with Crippen LogP contribution in [0.15, 0.2) is 41.8 Å². The quantitative estimate of drug-likeness (QED) is 0.808. The number of carbonyl (C=O) groups excluding carboxylic acids is 1. The Balaban J connectivity index is 2.28. The topological polar surface area (TPSA) is 66.5 Å². The van der Waals surface area contributed by atoms with Crippen molar-refractivity contribution in [1.29, 1.82) is 0 Å². The zero-order chi connectivity index (χ0) is 21.2. The lowest BCUT2D eigenvalue weighted by Crippen LogP contribution is -2.58. The van der Waals surface area contributed by atoms with Crippen LogP contribution in [-0.2, 0) is 15.4 Å². The van der Waals surface area contributed by atoms with Crippen LogP contribution in [0.2, 0.25) is 0 Å². The lowest BCUT2D eigenvalue weighted by molar-refractivity contribution is -0.194. The molecule has 9 heteroatoms. The van der Waals surface area contributed by atoms with E-state index >= 15 is 0 Å². The summed E-state index contributed by atoms with van der Waals surface area (Å²) in [6, 6.07) is 7.52. The van der Waals surface area contributed by atoms with Gasteiger partial charge in [-0.1, -0.05) is 36.4 Å². The van der Waals surface area contributed by atoms with Crippen LogP contribution in [0, 0.1) is 5.92 Å². The Kier molecular flexibility index (Phi) is 6.48. The second-order valence-electron chi connectivity index (χ2n) is 7.42. The number of nitrogens with zero attached hydrogens (tertiary/aromatic N) is 1. The van der Waals surface area contributed by atoms with E-state index in [9.17, 15) is 26.4 Å². The highest BCUT2D eigenvalue weighted by molar-refractivity contribution is 7.93. The number of hydrogen-bond acceptors (Lipinski definition) is 3. The summed E-state index contributed by atoms with van der Waals surface area (Å²) in [5.41, 5.74) is -0.511. The van der Waals surface area contributed by atoms with Gasteiger partial charge in [-0.3, -0.25) is 0 Å². The number of alkyl halides is 3. The molecular weight excluding hydrogens is 393 g/mol. The van der Waals surface area contributed by atoms with E-state index in [1.807, 2.05) is 0 Å². The Morgan fingerprint density at radius 2 is 1.93 bits per heavy atom. The Hall–Kier alpha value is -2.03. The van der Waals surface area contributed by atoms with E-state index in [2.05, 4.69) is 5.32 Å². The fourth-order valence-corrected chi connectivity index (χ4v) is 4.00. The van der Waals surface area contributed by atoms with Crippen LogP contribution in [0.3, 0.4) is 0 Å². The summed E-state index contributed by atoms with van der Waals surface area (Å²) in [4.78, 5) is 14.2. The number of rotatable bonds is 4. The van der Waals surface area contributed by atoms with Gasteiger partial charge in [-0.2, -0.15) is 13.2 Å². The summed E-state index contributed by atoms with van der Waals surface area (Å²) in [6.07, 6.45) is -2.37. The second kappa shape index (κ2) is 8.14. The number of nitrogens with one attached hydrogen (secondary N) is 1. The average molecular weight is 418 g/mol. The molecule has 0 spiro atoms. The number of halogens is 3. The number of piperidine rings is 1.